The minimum atomic E-state index is -2.75. The summed E-state index contributed by atoms with van der Waals surface area (Å²) < 4.78 is 18.8. The van der Waals surface area contributed by atoms with Crippen molar-refractivity contribution in [2.75, 3.05) is 33.0 Å². The maximum Gasteiger partial charge on any atom is 0.261 e. The molecule has 2 heterocycles. The summed E-state index contributed by atoms with van der Waals surface area (Å²) in [6.45, 7) is 9.67. The molecule has 0 spiro atoms. The van der Waals surface area contributed by atoms with Gasteiger partial charge in [0.15, 0.2) is 5.78 Å². The van der Waals surface area contributed by atoms with Gasteiger partial charge in [-0.2, -0.15) is 0 Å². The van der Waals surface area contributed by atoms with Crippen LogP contribution in [-0.2, 0) is 15.6 Å². The van der Waals surface area contributed by atoms with Gasteiger partial charge < -0.3 is 23.9 Å². The number of hydrogen-bond donors (Lipinski definition) is 1. The molecule has 1 fully saturated rings. The zero-order valence-corrected chi connectivity index (χ0v) is 27.9. The highest BCUT2D eigenvalue weighted by Gasteiger charge is 2.50. The third-order valence-corrected chi connectivity index (χ3v) is 13.5. The lowest BCUT2D eigenvalue weighted by atomic mass is 10.1. The molecule has 46 heavy (non-hydrogen) atoms. The van der Waals surface area contributed by atoms with Gasteiger partial charge in [0.2, 0.25) is 0 Å². The summed E-state index contributed by atoms with van der Waals surface area (Å²) in [5, 5.41) is 12.4. The number of carbonyl (C=O) groups is 2. The lowest BCUT2D eigenvalue weighted by Gasteiger charge is -2.43. The number of ketones is 1. The first kappa shape index (κ1) is 33.1. The Kier molecular flexibility index (Phi) is 10.4. The van der Waals surface area contributed by atoms with Crippen LogP contribution in [0.2, 0.25) is 5.04 Å². The van der Waals surface area contributed by atoms with Gasteiger partial charge in [-0.3, -0.25) is 14.6 Å². The Morgan fingerprint density at radius 3 is 2.26 bits per heavy atom. The molecule has 1 N–H and O–H groups in total. The number of Topliss-reactive ketones (excluding diaryl/α,β-unsaturated/α-hetero) is 1. The number of hydrogen-bond acceptors (Lipinski definition) is 7. The first-order valence-electron chi connectivity index (χ1n) is 15.7. The molecule has 8 nitrogen and oxygen atoms in total. The highest BCUT2D eigenvalue weighted by atomic mass is 28.4. The number of aromatic nitrogens is 1. The van der Waals surface area contributed by atoms with Gasteiger partial charge in [0.05, 0.1) is 30.5 Å². The van der Waals surface area contributed by atoms with Crippen LogP contribution in [0.25, 0.3) is 0 Å². The van der Waals surface area contributed by atoms with Crippen LogP contribution in [0.5, 0.6) is 11.5 Å². The highest BCUT2D eigenvalue weighted by molar-refractivity contribution is 6.99. The number of nitrogens with zero attached hydrogens (tertiary/aromatic N) is 2. The van der Waals surface area contributed by atoms with Crippen LogP contribution >= 0.6 is 0 Å². The summed E-state index contributed by atoms with van der Waals surface area (Å²) in [4.78, 5) is 32.6. The van der Waals surface area contributed by atoms with Gasteiger partial charge in [-0.05, 0) is 46.6 Å². The number of aromatic hydroxyl groups is 1. The van der Waals surface area contributed by atoms with E-state index in [-0.39, 0.29) is 47.0 Å². The molecular formula is C37H42N2O6Si. The van der Waals surface area contributed by atoms with E-state index < -0.39 is 14.4 Å². The van der Waals surface area contributed by atoms with Crippen molar-refractivity contribution in [2.24, 2.45) is 0 Å². The predicted molar refractivity (Wildman–Crippen MR) is 181 cm³/mol. The lowest BCUT2D eigenvalue weighted by molar-refractivity contribution is -0.0152. The van der Waals surface area contributed by atoms with E-state index in [4.69, 9.17) is 13.9 Å². The topological polar surface area (TPSA) is 98.2 Å². The Labute approximate surface area is 272 Å². The SMILES string of the molecule is CC(=O)c1c(O)cccc1OC[C@@H]1COCCN1C(=O)c1cccnc1CCO[Si](c1ccccc1)(c1ccccc1)C(C)(C)C. The Hall–Kier alpha value is -4.31. The van der Waals surface area contributed by atoms with E-state index in [2.05, 4.69) is 74.3 Å². The molecule has 9 heteroatoms. The van der Waals surface area contributed by atoms with Crippen LogP contribution in [-0.4, -0.2) is 74.0 Å². The van der Waals surface area contributed by atoms with Crippen molar-refractivity contribution in [3.63, 3.8) is 0 Å². The van der Waals surface area contributed by atoms with Crippen molar-refractivity contribution >= 4 is 30.4 Å². The van der Waals surface area contributed by atoms with Gasteiger partial charge in [0, 0.05) is 25.8 Å². The van der Waals surface area contributed by atoms with E-state index in [0.29, 0.717) is 37.4 Å². The van der Waals surface area contributed by atoms with E-state index in [0.717, 1.165) is 0 Å². The maximum absolute atomic E-state index is 14.1. The monoisotopic (exact) mass is 638 g/mol. The molecule has 0 saturated carbocycles. The second-order valence-corrected chi connectivity index (χ2v) is 16.8. The Morgan fingerprint density at radius 1 is 0.957 bits per heavy atom. The molecule has 1 aliphatic rings. The second-order valence-electron chi connectivity index (χ2n) is 12.5. The van der Waals surface area contributed by atoms with Crippen molar-refractivity contribution in [1.82, 2.24) is 9.88 Å². The lowest BCUT2D eigenvalue weighted by Crippen LogP contribution is -2.66. The molecule has 0 unspecified atom stereocenters. The summed E-state index contributed by atoms with van der Waals surface area (Å²) in [5.74, 6) is -0.333. The number of pyridine rings is 1. The zero-order chi connectivity index (χ0) is 32.7. The molecule has 1 saturated heterocycles. The molecule has 1 atom stereocenters. The number of benzene rings is 3. The van der Waals surface area contributed by atoms with E-state index in [1.165, 1.54) is 23.4 Å². The van der Waals surface area contributed by atoms with Crippen LogP contribution in [0.15, 0.2) is 97.2 Å². The molecule has 0 bridgehead atoms. The fourth-order valence-corrected chi connectivity index (χ4v) is 10.9. The third kappa shape index (κ3) is 6.91. The average Bonchev–Trinajstić information content (AvgIpc) is 3.06. The van der Waals surface area contributed by atoms with E-state index in [9.17, 15) is 14.7 Å². The van der Waals surface area contributed by atoms with E-state index in [1.54, 1.807) is 29.3 Å². The average molecular weight is 639 g/mol. The van der Waals surface area contributed by atoms with Crippen molar-refractivity contribution in [3.8, 4) is 11.5 Å². The standard InChI is InChI=1S/C37H42N2O6Si/c1-27(40)35-33(41)18-11-19-34(35)44-26-28-25-43-24-22-39(28)36(42)31-17-12-21-38-32(31)20-23-45-46(37(2,3)4,29-13-7-5-8-14-29)30-15-9-6-10-16-30/h5-19,21,28,41H,20,22-26H2,1-4H3/t28-/m0/s1. The highest BCUT2D eigenvalue weighted by Crippen LogP contribution is 2.37. The van der Waals surface area contributed by atoms with Gasteiger partial charge >= 0.3 is 0 Å². The van der Waals surface area contributed by atoms with Crippen molar-refractivity contribution < 1.29 is 28.6 Å². The van der Waals surface area contributed by atoms with Crippen LogP contribution in [0.3, 0.4) is 0 Å². The molecular weight excluding hydrogens is 597 g/mol. The summed E-state index contributed by atoms with van der Waals surface area (Å²) in [7, 11) is -2.75. The zero-order valence-electron chi connectivity index (χ0n) is 26.9. The quantitative estimate of drug-likeness (QED) is 0.182. The molecule has 240 valence electrons. The molecule has 4 aromatic rings. The summed E-state index contributed by atoms with van der Waals surface area (Å²) in [6.07, 6.45) is 2.17. The van der Waals surface area contributed by atoms with Gasteiger partial charge in [0.25, 0.3) is 14.2 Å². The number of phenols is 1. The Morgan fingerprint density at radius 2 is 1.63 bits per heavy atom. The minimum absolute atomic E-state index is 0.0992. The number of amides is 1. The van der Waals surface area contributed by atoms with Gasteiger partial charge in [-0.1, -0.05) is 87.5 Å². The number of ether oxygens (including phenoxy) is 2. The molecule has 1 aliphatic heterocycles. The van der Waals surface area contributed by atoms with Gasteiger partial charge in [-0.25, -0.2) is 0 Å². The molecule has 1 aromatic heterocycles. The molecule has 5 rings (SSSR count). The van der Waals surface area contributed by atoms with Crippen LogP contribution in [0, 0.1) is 0 Å². The van der Waals surface area contributed by atoms with E-state index in [1.807, 2.05) is 18.2 Å². The largest absolute Gasteiger partial charge is 0.507 e. The Bertz CT molecular complexity index is 1600. The fourth-order valence-electron chi connectivity index (χ4n) is 6.29. The van der Waals surface area contributed by atoms with Crippen molar-refractivity contribution in [3.05, 3.63) is 114 Å². The van der Waals surface area contributed by atoms with Crippen molar-refractivity contribution in [1.29, 1.82) is 0 Å². The van der Waals surface area contributed by atoms with Crippen LogP contribution in [0.4, 0.5) is 0 Å². The van der Waals surface area contributed by atoms with Gasteiger partial charge in [0.1, 0.15) is 23.7 Å². The molecule has 0 aliphatic carbocycles. The number of carbonyl (C=O) groups excluding carboxylic acids is 2. The van der Waals surface area contributed by atoms with Crippen LogP contribution < -0.4 is 15.1 Å². The maximum atomic E-state index is 14.1. The van der Waals surface area contributed by atoms with Crippen LogP contribution in [0.1, 0.15) is 54.1 Å². The minimum Gasteiger partial charge on any atom is -0.507 e. The molecule has 3 aromatic carbocycles. The third-order valence-electron chi connectivity index (χ3n) is 8.47. The summed E-state index contributed by atoms with van der Waals surface area (Å²) in [6, 6.07) is 28.9. The summed E-state index contributed by atoms with van der Waals surface area (Å²) in [5.41, 5.74) is 1.30. The fraction of sp³-hybridized carbons (Fsp3) is 0.324. The predicted octanol–water partition coefficient (Wildman–Crippen LogP) is 5.03. The molecule has 0 radical (unpaired) electrons. The molecule has 1 amide bonds. The van der Waals surface area contributed by atoms with Crippen molar-refractivity contribution in [2.45, 2.75) is 45.2 Å². The summed E-state index contributed by atoms with van der Waals surface area (Å²) >= 11 is 0. The number of phenolic OH excluding ortho intramolecular Hbond substituents is 1. The smallest absolute Gasteiger partial charge is 0.261 e. The normalized spacial score (nSPS) is 15.4. The number of morpholine rings is 1. The Balaban J connectivity index is 1.36. The van der Waals surface area contributed by atoms with E-state index >= 15 is 0 Å². The first-order valence-corrected chi connectivity index (χ1v) is 17.6. The second kappa shape index (κ2) is 14.4. The first-order chi connectivity index (χ1) is 22.1. The number of rotatable bonds is 11. The van der Waals surface area contributed by atoms with Gasteiger partial charge in [-0.15, -0.1) is 0 Å².